The molecule has 0 aliphatic carbocycles. The van der Waals surface area contributed by atoms with Crippen molar-refractivity contribution in [1.82, 2.24) is 5.32 Å². The third-order valence-corrected chi connectivity index (χ3v) is 2.02. The fourth-order valence-corrected chi connectivity index (χ4v) is 1.17. The first kappa shape index (κ1) is 7.49. The van der Waals surface area contributed by atoms with Gasteiger partial charge in [0.05, 0.1) is 0 Å². The van der Waals surface area contributed by atoms with Crippen molar-refractivity contribution in [2.24, 2.45) is 0 Å². The normalized spacial score (nSPS) is 23.6. The number of piperidine rings is 1. The first-order valence-electron chi connectivity index (χ1n) is 3.48. The molecule has 0 spiro atoms. The van der Waals surface area contributed by atoms with E-state index in [4.69, 9.17) is 6.57 Å². The zero-order chi connectivity index (χ0) is 7.45. The molecule has 0 aromatic rings. The predicted molar refractivity (Wildman–Crippen MR) is 37.4 cm³/mol. The molecule has 0 radical (unpaired) electrons. The molecule has 0 amide bonds. The SMILES string of the molecule is [C-]#[N+]C1(CF)CCNCC1. The van der Waals surface area contributed by atoms with Crippen LogP contribution in [0.5, 0.6) is 0 Å². The van der Waals surface area contributed by atoms with Gasteiger partial charge in [-0.3, -0.25) is 0 Å². The number of hydrogen-bond donors (Lipinski definition) is 1. The zero-order valence-corrected chi connectivity index (χ0v) is 5.86. The van der Waals surface area contributed by atoms with Gasteiger partial charge in [0.25, 0.3) is 5.54 Å². The van der Waals surface area contributed by atoms with Crippen LogP contribution in [0.25, 0.3) is 4.85 Å². The van der Waals surface area contributed by atoms with Crippen molar-refractivity contribution in [2.45, 2.75) is 18.4 Å². The zero-order valence-electron chi connectivity index (χ0n) is 5.86. The van der Waals surface area contributed by atoms with E-state index in [1.54, 1.807) is 0 Å². The molecule has 0 atom stereocenters. The van der Waals surface area contributed by atoms with Gasteiger partial charge in [0, 0.05) is 25.9 Å². The Hall–Kier alpha value is -0.620. The Kier molecular flexibility index (Phi) is 2.23. The summed E-state index contributed by atoms with van der Waals surface area (Å²) in [6.07, 6.45) is 1.32. The standard InChI is InChI=1S/C7H11FN2/c1-9-7(6-8)2-4-10-5-3-7/h10H,2-6H2. The van der Waals surface area contributed by atoms with Gasteiger partial charge in [0.2, 0.25) is 0 Å². The van der Waals surface area contributed by atoms with Crippen LogP contribution in [0.2, 0.25) is 0 Å². The summed E-state index contributed by atoms with van der Waals surface area (Å²) in [4.78, 5) is 3.33. The van der Waals surface area contributed by atoms with Gasteiger partial charge in [-0.1, -0.05) is 0 Å². The Morgan fingerprint density at radius 1 is 1.50 bits per heavy atom. The smallest absolute Gasteiger partial charge is 0.262 e. The topological polar surface area (TPSA) is 16.4 Å². The van der Waals surface area contributed by atoms with Crippen molar-refractivity contribution in [3.05, 3.63) is 11.4 Å². The molecule has 0 aromatic carbocycles. The third-order valence-electron chi connectivity index (χ3n) is 2.02. The van der Waals surface area contributed by atoms with E-state index in [-0.39, 0.29) is 0 Å². The van der Waals surface area contributed by atoms with Crippen molar-refractivity contribution in [1.29, 1.82) is 0 Å². The average molecular weight is 142 g/mol. The second kappa shape index (κ2) is 2.98. The molecular weight excluding hydrogens is 131 g/mol. The average Bonchev–Trinajstić information content (AvgIpc) is 2.06. The summed E-state index contributed by atoms with van der Waals surface area (Å²) < 4.78 is 12.3. The van der Waals surface area contributed by atoms with E-state index in [0.29, 0.717) is 12.8 Å². The molecule has 0 aromatic heterocycles. The summed E-state index contributed by atoms with van der Waals surface area (Å²) in [5.74, 6) is 0. The molecule has 0 bridgehead atoms. The van der Waals surface area contributed by atoms with Gasteiger partial charge in [-0.05, 0) is 0 Å². The van der Waals surface area contributed by atoms with Crippen molar-refractivity contribution in [2.75, 3.05) is 19.8 Å². The van der Waals surface area contributed by atoms with Crippen LogP contribution in [-0.2, 0) is 0 Å². The van der Waals surface area contributed by atoms with Crippen LogP contribution in [0.3, 0.4) is 0 Å². The summed E-state index contributed by atoms with van der Waals surface area (Å²) in [6.45, 7) is 7.88. The molecule has 1 fully saturated rings. The second-order valence-electron chi connectivity index (χ2n) is 2.72. The van der Waals surface area contributed by atoms with Crippen molar-refractivity contribution < 1.29 is 4.39 Å². The molecule has 2 nitrogen and oxygen atoms in total. The Morgan fingerprint density at radius 3 is 2.40 bits per heavy atom. The van der Waals surface area contributed by atoms with Crippen molar-refractivity contribution in [3.8, 4) is 0 Å². The third kappa shape index (κ3) is 1.27. The van der Waals surface area contributed by atoms with Crippen LogP contribution in [0.15, 0.2) is 0 Å². The molecule has 1 aliphatic heterocycles. The van der Waals surface area contributed by atoms with E-state index in [9.17, 15) is 4.39 Å². The Morgan fingerprint density at radius 2 is 2.10 bits per heavy atom. The minimum Gasteiger partial charge on any atom is -0.316 e. The molecule has 1 heterocycles. The number of hydrogen-bond acceptors (Lipinski definition) is 1. The van der Waals surface area contributed by atoms with E-state index in [1.807, 2.05) is 0 Å². The summed E-state index contributed by atoms with van der Waals surface area (Å²) in [5.41, 5.74) is -0.675. The first-order valence-corrected chi connectivity index (χ1v) is 3.48. The van der Waals surface area contributed by atoms with Gasteiger partial charge in [-0.2, -0.15) is 0 Å². The first-order chi connectivity index (χ1) is 4.83. The lowest BCUT2D eigenvalue weighted by Gasteiger charge is -2.23. The van der Waals surface area contributed by atoms with Gasteiger partial charge in [0.15, 0.2) is 6.67 Å². The Balaban J connectivity index is 2.55. The van der Waals surface area contributed by atoms with E-state index in [2.05, 4.69) is 10.2 Å². The lowest BCUT2D eigenvalue weighted by Crippen LogP contribution is -2.41. The van der Waals surface area contributed by atoms with Crippen LogP contribution >= 0.6 is 0 Å². The van der Waals surface area contributed by atoms with Crippen LogP contribution in [0.4, 0.5) is 4.39 Å². The fraction of sp³-hybridized carbons (Fsp3) is 0.857. The maximum absolute atomic E-state index is 12.3. The van der Waals surface area contributed by atoms with E-state index >= 15 is 0 Å². The number of alkyl halides is 1. The van der Waals surface area contributed by atoms with Gasteiger partial charge >= 0.3 is 0 Å². The lowest BCUT2D eigenvalue weighted by atomic mass is 9.91. The number of rotatable bonds is 1. The van der Waals surface area contributed by atoms with Crippen LogP contribution in [-0.4, -0.2) is 25.3 Å². The number of nitrogens with one attached hydrogen (secondary N) is 1. The second-order valence-corrected chi connectivity index (χ2v) is 2.72. The number of nitrogens with zero attached hydrogens (tertiary/aromatic N) is 1. The molecule has 1 rings (SSSR count). The highest BCUT2D eigenvalue weighted by molar-refractivity contribution is 5.01. The van der Waals surface area contributed by atoms with Crippen molar-refractivity contribution >= 4 is 0 Å². The molecule has 0 unspecified atom stereocenters. The molecule has 1 aliphatic rings. The minimum absolute atomic E-state index is 0.488. The van der Waals surface area contributed by atoms with Gasteiger partial charge in [-0.25, -0.2) is 11.0 Å². The summed E-state index contributed by atoms with van der Waals surface area (Å²) in [6, 6.07) is 0. The van der Waals surface area contributed by atoms with Crippen LogP contribution in [0.1, 0.15) is 12.8 Å². The highest BCUT2D eigenvalue weighted by Crippen LogP contribution is 2.23. The quantitative estimate of drug-likeness (QED) is 0.540. The molecular formula is C7H11FN2. The van der Waals surface area contributed by atoms with E-state index < -0.39 is 12.2 Å². The largest absolute Gasteiger partial charge is 0.316 e. The van der Waals surface area contributed by atoms with Crippen LogP contribution < -0.4 is 5.32 Å². The Bertz CT molecular complexity index is 144. The van der Waals surface area contributed by atoms with Crippen LogP contribution in [0, 0.1) is 6.57 Å². The fourth-order valence-electron chi connectivity index (χ4n) is 1.17. The van der Waals surface area contributed by atoms with Gasteiger partial charge in [-0.15, -0.1) is 0 Å². The number of halogens is 1. The molecule has 56 valence electrons. The van der Waals surface area contributed by atoms with E-state index in [0.717, 1.165) is 13.1 Å². The highest BCUT2D eigenvalue weighted by atomic mass is 19.1. The maximum atomic E-state index is 12.3. The van der Waals surface area contributed by atoms with Gasteiger partial charge in [0.1, 0.15) is 0 Å². The van der Waals surface area contributed by atoms with Crippen molar-refractivity contribution in [3.63, 3.8) is 0 Å². The highest BCUT2D eigenvalue weighted by Gasteiger charge is 2.38. The lowest BCUT2D eigenvalue weighted by molar-refractivity contribution is 0.282. The summed E-state index contributed by atoms with van der Waals surface area (Å²) in [5, 5.41) is 3.10. The monoisotopic (exact) mass is 142 g/mol. The molecule has 0 saturated carbocycles. The Labute approximate surface area is 60.2 Å². The molecule has 1 saturated heterocycles. The molecule has 1 N–H and O–H groups in total. The minimum atomic E-state index is -0.675. The molecule has 3 heteroatoms. The predicted octanol–water partition coefficient (Wildman–Crippen LogP) is 0.997. The van der Waals surface area contributed by atoms with E-state index in [1.165, 1.54) is 0 Å². The molecule has 10 heavy (non-hydrogen) atoms. The summed E-state index contributed by atoms with van der Waals surface area (Å²) in [7, 11) is 0. The summed E-state index contributed by atoms with van der Waals surface area (Å²) >= 11 is 0. The maximum Gasteiger partial charge on any atom is 0.262 e. The van der Waals surface area contributed by atoms with Gasteiger partial charge < -0.3 is 10.2 Å².